The van der Waals surface area contributed by atoms with Crippen LogP contribution in [0.3, 0.4) is 0 Å². The highest BCUT2D eigenvalue weighted by Gasteiger charge is 2.54. The van der Waals surface area contributed by atoms with Crippen molar-refractivity contribution < 1.29 is 9.59 Å². The van der Waals surface area contributed by atoms with Crippen molar-refractivity contribution in [2.24, 2.45) is 0 Å². The number of rotatable bonds is 4. The number of hydrogen-bond donors (Lipinski definition) is 0. The van der Waals surface area contributed by atoms with Crippen molar-refractivity contribution in [2.75, 3.05) is 20.6 Å². The van der Waals surface area contributed by atoms with Crippen LogP contribution in [0.1, 0.15) is 43.7 Å². The van der Waals surface area contributed by atoms with Crippen molar-refractivity contribution in [1.29, 1.82) is 0 Å². The van der Waals surface area contributed by atoms with E-state index in [0.29, 0.717) is 13.0 Å². The Morgan fingerprint density at radius 1 is 1.26 bits per heavy atom. The number of carbonyl (C=O) groups is 2. The summed E-state index contributed by atoms with van der Waals surface area (Å²) in [5.41, 5.74) is 1.72. The Kier molecular flexibility index (Phi) is 4.28. The fourth-order valence-electron chi connectivity index (χ4n) is 4.18. The van der Waals surface area contributed by atoms with Crippen molar-refractivity contribution in [3.05, 3.63) is 35.4 Å². The number of hydrogen-bond acceptors (Lipinski definition) is 3. The van der Waals surface area contributed by atoms with Crippen molar-refractivity contribution in [2.45, 2.75) is 50.5 Å². The molecule has 0 aromatic heterocycles. The lowest BCUT2D eigenvalue weighted by atomic mass is 9.69. The smallest absolute Gasteiger partial charge is 0.240 e. The molecule has 1 fully saturated rings. The summed E-state index contributed by atoms with van der Waals surface area (Å²) in [4.78, 5) is 29.5. The minimum Gasteiger partial charge on any atom is -0.305 e. The molecule has 1 spiro atoms. The second-order valence-corrected chi connectivity index (χ2v) is 7.10. The van der Waals surface area contributed by atoms with Gasteiger partial charge in [-0.2, -0.15) is 0 Å². The van der Waals surface area contributed by atoms with Gasteiger partial charge in [0.15, 0.2) is 0 Å². The van der Waals surface area contributed by atoms with E-state index in [9.17, 15) is 9.59 Å². The van der Waals surface area contributed by atoms with E-state index in [1.165, 1.54) is 10.5 Å². The summed E-state index contributed by atoms with van der Waals surface area (Å²) < 4.78 is 0. The summed E-state index contributed by atoms with van der Waals surface area (Å²) in [5, 5.41) is 0. The second kappa shape index (κ2) is 6.08. The van der Waals surface area contributed by atoms with Crippen molar-refractivity contribution in [3.63, 3.8) is 0 Å². The quantitative estimate of drug-likeness (QED) is 0.801. The summed E-state index contributed by atoms with van der Waals surface area (Å²) >= 11 is 0. The Labute approximate surface area is 138 Å². The molecule has 23 heavy (non-hydrogen) atoms. The fraction of sp³-hybridized carbons (Fsp3) is 0.579. The number of fused-ring (bicyclic) bond motifs is 2. The third-order valence-electron chi connectivity index (χ3n) is 5.59. The summed E-state index contributed by atoms with van der Waals surface area (Å²) in [5.74, 6) is 0.0157. The van der Waals surface area contributed by atoms with Gasteiger partial charge in [0.1, 0.15) is 0 Å². The summed E-state index contributed by atoms with van der Waals surface area (Å²) in [7, 11) is 4.01. The molecule has 124 valence electrons. The van der Waals surface area contributed by atoms with E-state index in [4.69, 9.17) is 0 Å². The third kappa shape index (κ3) is 2.59. The summed E-state index contributed by atoms with van der Waals surface area (Å²) in [6.07, 6.45) is 4.05. The standard InChI is InChI=1S/C19H26N2O2/c1-4-15(20(2)3)13-21-17(22)12-19(18(21)23)11-7-9-14-8-5-6-10-16(14)19/h5-6,8,10,15H,4,7,9,11-13H2,1-3H3/t15-,19-/m0/s1. The number of carbonyl (C=O) groups excluding carboxylic acids is 2. The number of aryl methyl sites for hydroxylation is 1. The average molecular weight is 314 g/mol. The van der Waals surface area contributed by atoms with Crippen molar-refractivity contribution in [1.82, 2.24) is 9.80 Å². The average Bonchev–Trinajstić information content (AvgIpc) is 2.77. The molecule has 1 aromatic carbocycles. The maximum Gasteiger partial charge on any atom is 0.240 e. The first-order chi connectivity index (χ1) is 11.0. The van der Waals surface area contributed by atoms with Crippen LogP contribution < -0.4 is 0 Å². The van der Waals surface area contributed by atoms with E-state index in [1.807, 2.05) is 32.3 Å². The lowest BCUT2D eigenvalue weighted by Crippen LogP contribution is -2.46. The Balaban J connectivity index is 1.93. The van der Waals surface area contributed by atoms with Crippen molar-refractivity contribution in [3.8, 4) is 0 Å². The minimum atomic E-state index is -0.601. The van der Waals surface area contributed by atoms with Gasteiger partial charge in [-0.1, -0.05) is 31.2 Å². The molecule has 1 aliphatic heterocycles. The molecule has 0 N–H and O–H groups in total. The van der Waals surface area contributed by atoms with Crippen LogP contribution in [-0.4, -0.2) is 48.3 Å². The van der Waals surface area contributed by atoms with Gasteiger partial charge in [-0.05, 0) is 50.9 Å². The molecule has 0 saturated carbocycles. The molecule has 1 aliphatic carbocycles. The SMILES string of the molecule is CC[C@@H](CN1C(=O)C[C@]2(CCCc3ccccc32)C1=O)N(C)C. The monoisotopic (exact) mass is 314 g/mol. The molecule has 1 heterocycles. The van der Waals surface area contributed by atoms with Gasteiger partial charge in [0, 0.05) is 19.0 Å². The van der Waals surface area contributed by atoms with Crippen LogP contribution in [0.15, 0.2) is 24.3 Å². The number of likely N-dealkylation sites (N-methyl/N-ethyl adjacent to an activating group) is 1. The topological polar surface area (TPSA) is 40.6 Å². The fourth-order valence-corrected chi connectivity index (χ4v) is 4.18. The number of benzene rings is 1. The summed E-state index contributed by atoms with van der Waals surface area (Å²) in [6, 6.07) is 8.38. The molecule has 0 radical (unpaired) electrons. The third-order valence-corrected chi connectivity index (χ3v) is 5.59. The highest BCUT2D eigenvalue weighted by molar-refractivity contribution is 6.09. The largest absolute Gasteiger partial charge is 0.305 e. The number of amides is 2. The van der Waals surface area contributed by atoms with Crippen LogP contribution in [0, 0.1) is 0 Å². The van der Waals surface area contributed by atoms with Gasteiger partial charge >= 0.3 is 0 Å². The summed E-state index contributed by atoms with van der Waals surface area (Å²) in [6.45, 7) is 2.60. The zero-order valence-electron chi connectivity index (χ0n) is 14.3. The molecule has 0 unspecified atom stereocenters. The number of nitrogens with zero attached hydrogens (tertiary/aromatic N) is 2. The van der Waals surface area contributed by atoms with Gasteiger partial charge in [-0.15, -0.1) is 0 Å². The van der Waals surface area contributed by atoms with Crippen LogP contribution >= 0.6 is 0 Å². The van der Waals surface area contributed by atoms with Gasteiger partial charge < -0.3 is 4.90 Å². The molecule has 4 nitrogen and oxygen atoms in total. The Morgan fingerprint density at radius 3 is 2.70 bits per heavy atom. The Bertz CT molecular complexity index is 626. The zero-order chi connectivity index (χ0) is 16.6. The van der Waals surface area contributed by atoms with Gasteiger partial charge in [0.2, 0.25) is 11.8 Å². The predicted molar refractivity (Wildman–Crippen MR) is 90.2 cm³/mol. The minimum absolute atomic E-state index is 0.00740. The Morgan fingerprint density at radius 2 is 2.00 bits per heavy atom. The molecule has 1 aromatic rings. The van der Waals surface area contributed by atoms with Gasteiger partial charge in [0.25, 0.3) is 0 Å². The van der Waals surface area contributed by atoms with E-state index < -0.39 is 5.41 Å². The van der Waals surface area contributed by atoms with Crippen LogP contribution in [0.25, 0.3) is 0 Å². The highest BCUT2D eigenvalue weighted by atomic mass is 16.2. The first-order valence-electron chi connectivity index (χ1n) is 8.59. The molecule has 0 bridgehead atoms. The molecule has 2 amide bonds. The lowest BCUT2D eigenvalue weighted by molar-refractivity contribution is -0.141. The normalized spacial score (nSPS) is 25.3. The molecule has 4 heteroatoms. The molecule has 1 saturated heterocycles. The van der Waals surface area contributed by atoms with Crippen LogP contribution in [0.4, 0.5) is 0 Å². The molecule has 2 aliphatic rings. The number of imide groups is 1. The van der Waals surface area contributed by atoms with Crippen LogP contribution in [0.2, 0.25) is 0 Å². The molecule has 3 rings (SSSR count). The van der Waals surface area contributed by atoms with Gasteiger partial charge in [-0.3, -0.25) is 14.5 Å². The van der Waals surface area contributed by atoms with E-state index in [2.05, 4.69) is 17.9 Å². The molecule has 2 atom stereocenters. The maximum absolute atomic E-state index is 13.2. The van der Waals surface area contributed by atoms with E-state index in [0.717, 1.165) is 31.2 Å². The van der Waals surface area contributed by atoms with Crippen LogP contribution in [0.5, 0.6) is 0 Å². The van der Waals surface area contributed by atoms with Gasteiger partial charge in [-0.25, -0.2) is 0 Å². The number of likely N-dealkylation sites (tertiary alicyclic amines) is 1. The van der Waals surface area contributed by atoms with Crippen LogP contribution in [-0.2, 0) is 21.4 Å². The Hall–Kier alpha value is -1.68. The van der Waals surface area contributed by atoms with E-state index in [-0.39, 0.29) is 17.9 Å². The lowest BCUT2D eigenvalue weighted by Gasteiger charge is -2.34. The van der Waals surface area contributed by atoms with E-state index in [1.54, 1.807) is 0 Å². The predicted octanol–water partition coefficient (Wildman–Crippen LogP) is 2.36. The molecular formula is C19H26N2O2. The second-order valence-electron chi connectivity index (χ2n) is 7.10. The van der Waals surface area contributed by atoms with Gasteiger partial charge in [0.05, 0.1) is 5.41 Å². The first kappa shape index (κ1) is 16.2. The zero-order valence-corrected chi connectivity index (χ0v) is 14.3. The first-order valence-corrected chi connectivity index (χ1v) is 8.59. The molecular weight excluding hydrogens is 288 g/mol. The maximum atomic E-state index is 13.2. The highest BCUT2D eigenvalue weighted by Crippen LogP contribution is 2.45. The van der Waals surface area contributed by atoms with E-state index >= 15 is 0 Å². The van der Waals surface area contributed by atoms with Crippen molar-refractivity contribution >= 4 is 11.8 Å².